The molecule has 2 nitrogen and oxygen atoms in total. The van der Waals surface area contributed by atoms with E-state index in [0.29, 0.717) is 12.1 Å². The molecule has 104 valence electrons. The maximum atomic E-state index is 5.75. The topological polar surface area (TPSA) is 21.3 Å². The zero-order chi connectivity index (χ0) is 13.2. The lowest BCUT2D eigenvalue weighted by molar-refractivity contribution is 0.231. The van der Waals surface area contributed by atoms with Gasteiger partial charge in [-0.3, -0.25) is 0 Å². The van der Waals surface area contributed by atoms with Crippen LogP contribution in [0.25, 0.3) is 0 Å². The summed E-state index contributed by atoms with van der Waals surface area (Å²) in [5.74, 6) is 2.79. The Hall–Kier alpha value is -1.02. The minimum absolute atomic E-state index is 0.480. The summed E-state index contributed by atoms with van der Waals surface area (Å²) in [6, 6.07) is 9.65. The second-order valence-electron chi connectivity index (χ2n) is 6.11. The monoisotopic (exact) mass is 259 g/mol. The van der Waals surface area contributed by atoms with Crippen molar-refractivity contribution in [3.8, 4) is 5.75 Å². The van der Waals surface area contributed by atoms with Crippen molar-refractivity contribution >= 4 is 0 Å². The largest absolute Gasteiger partial charge is 0.493 e. The van der Waals surface area contributed by atoms with Gasteiger partial charge in [0.2, 0.25) is 0 Å². The molecule has 2 heteroatoms. The van der Waals surface area contributed by atoms with Gasteiger partial charge < -0.3 is 10.1 Å². The molecule has 0 spiro atoms. The second-order valence-corrected chi connectivity index (χ2v) is 6.11. The number of benzene rings is 1. The Morgan fingerprint density at radius 3 is 2.84 bits per heavy atom. The highest BCUT2D eigenvalue weighted by molar-refractivity contribution is 5.37. The maximum absolute atomic E-state index is 5.75. The zero-order valence-electron chi connectivity index (χ0n) is 12.1. The molecule has 1 aromatic carbocycles. The van der Waals surface area contributed by atoms with Crippen LogP contribution in [0.4, 0.5) is 0 Å². The summed E-state index contributed by atoms with van der Waals surface area (Å²) < 4.78 is 5.75. The van der Waals surface area contributed by atoms with Crippen molar-refractivity contribution in [3.05, 3.63) is 29.8 Å². The molecule has 0 aromatic heterocycles. The maximum Gasteiger partial charge on any atom is 0.124 e. The van der Waals surface area contributed by atoms with Crippen LogP contribution in [0.2, 0.25) is 0 Å². The van der Waals surface area contributed by atoms with Gasteiger partial charge in [0.15, 0.2) is 0 Å². The molecular formula is C17H25NO. The first-order valence-corrected chi connectivity index (χ1v) is 7.77. The number of hydrogen-bond donors (Lipinski definition) is 1. The van der Waals surface area contributed by atoms with Crippen molar-refractivity contribution in [2.75, 3.05) is 6.61 Å². The SMILES string of the molecule is CCC1CCC(NC2CCOc3ccccc32)C1C. The van der Waals surface area contributed by atoms with Gasteiger partial charge in [0, 0.05) is 24.1 Å². The van der Waals surface area contributed by atoms with E-state index in [0.717, 1.165) is 30.6 Å². The van der Waals surface area contributed by atoms with Crippen LogP contribution >= 0.6 is 0 Å². The molecule has 4 atom stereocenters. The van der Waals surface area contributed by atoms with E-state index < -0.39 is 0 Å². The van der Waals surface area contributed by atoms with Crippen LogP contribution in [0.3, 0.4) is 0 Å². The quantitative estimate of drug-likeness (QED) is 0.888. The fourth-order valence-corrected chi connectivity index (χ4v) is 3.83. The Balaban J connectivity index is 1.71. The summed E-state index contributed by atoms with van der Waals surface area (Å²) in [7, 11) is 0. The summed E-state index contributed by atoms with van der Waals surface area (Å²) in [6.07, 6.45) is 5.14. The van der Waals surface area contributed by atoms with Crippen LogP contribution in [0.15, 0.2) is 24.3 Å². The number of para-hydroxylation sites is 1. The molecule has 4 unspecified atom stereocenters. The molecule has 0 amide bonds. The first-order valence-electron chi connectivity index (χ1n) is 7.77. The van der Waals surface area contributed by atoms with Crippen molar-refractivity contribution in [2.24, 2.45) is 11.8 Å². The lowest BCUT2D eigenvalue weighted by atomic mass is 9.92. The molecule has 1 saturated carbocycles. The summed E-state index contributed by atoms with van der Waals surface area (Å²) in [4.78, 5) is 0. The number of rotatable bonds is 3. The van der Waals surface area contributed by atoms with Gasteiger partial charge in [-0.2, -0.15) is 0 Å². The molecule has 3 rings (SSSR count). The van der Waals surface area contributed by atoms with E-state index in [9.17, 15) is 0 Å². The highest BCUT2D eigenvalue weighted by atomic mass is 16.5. The van der Waals surface area contributed by atoms with Gasteiger partial charge in [0.25, 0.3) is 0 Å². The average Bonchev–Trinajstić information content (AvgIpc) is 2.80. The van der Waals surface area contributed by atoms with Crippen LogP contribution in [0.5, 0.6) is 5.75 Å². The highest BCUT2D eigenvalue weighted by Gasteiger charge is 2.34. The van der Waals surface area contributed by atoms with E-state index in [4.69, 9.17) is 4.74 Å². The number of fused-ring (bicyclic) bond motifs is 1. The Labute approximate surface area is 116 Å². The highest BCUT2D eigenvalue weighted by Crippen LogP contribution is 2.37. The van der Waals surface area contributed by atoms with E-state index >= 15 is 0 Å². The third kappa shape index (κ3) is 2.51. The minimum Gasteiger partial charge on any atom is -0.493 e. The summed E-state index contributed by atoms with van der Waals surface area (Å²) in [6.45, 7) is 5.59. The third-order valence-electron chi connectivity index (χ3n) is 5.12. The summed E-state index contributed by atoms with van der Waals surface area (Å²) >= 11 is 0. The molecule has 0 radical (unpaired) electrons. The van der Waals surface area contributed by atoms with E-state index in [2.05, 4.69) is 43.4 Å². The molecular weight excluding hydrogens is 234 g/mol. The van der Waals surface area contributed by atoms with Gasteiger partial charge in [-0.15, -0.1) is 0 Å². The molecule has 19 heavy (non-hydrogen) atoms. The van der Waals surface area contributed by atoms with Crippen LogP contribution in [0, 0.1) is 11.8 Å². The predicted molar refractivity (Wildman–Crippen MR) is 78.4 cm³/mol. The van der Waals surface area contributed by atoms with Gasteiger partial charge in [-0.05, 0) is 30.7 Å². The Bertz CT molecular complexity index is 431. The third-order valence-corrected chi connectivity index (χ3v) is 5.12. The fraction of sp³-hybridized carbons (Fsp3) is 0.647. The smallest absolute Gasteiger partial charge is 0.124 e. The molecule has 1 aliphatic heterocycles. The van der Waals surface area contributed by atoms with E-state index in [1.807, 2.05) is 0 Å². The van der Waals surface area contributed by atoms with Crippen molar-refractivity contribution in [1.29, 1.82) is 0 Å². The standard InChI is InChI=1S/C17H25NO/c1-3-13-8-9-15(12(13)2)18-16-10-11-19-17-7-5-4-6-14(16)17/h4-7,12-13,15-16,18H,3,8-11H2,1-2H3. The van der Waals surface area contributed by atoms with E-state index in [1.54, 1.807) is 0 Å². The van der Waals surface area contributed by atoms with E-state index in [1.165, 1.54) is 24.8 Å². The molecule has 2 aliphatic rings. The summed E-state index contributed by atoms with van der Waals surface area (Å²) in [5, 5.41) is 3.91. The zero-order valence-corrected chi connectivity index (χ0v) is 12.1. The van der Waals surface area contributed by atoms with Crippen LogP contribution < -0.4 is 10.1 Å². The Morgan fingerprint density at radius 1 is 1.21 bits per heavy atom. The molecule has 1 aromatic rings. The number of ether oxygens (including phenoxy) is 1. The van der Waals surface area contributed by atoms with Crippen molar-refractivity contribution < 1.29 is 4.74 Å². The van der Waals surface area contributed by atoms with Crippen LogP contribution in [0.1, 0.15) is 51.1 Å². The van der Waals surface area contributed by atoms with Gasteiger partial charge in [0.1, 0.15) is 5.75 Å². The van der Waals surface area contributed by atoms with Crippen LogP contribution in [-0.4, -0.2) is 12.6 Å². The average molecular weight is 259 g/mol. The lowest BCUT2D eigenvalue weighted by Crippen LogP contribution is -2.37. The molecule has 1 N–H and O–H groups in total. The molecule has 1 fully saturated rings. The molecule has 0 bridgehead atoms. The van der Waals surface area contributed by atoms with Crippen LogP contribution in [-0.2, 0) is 0 Å². The number of hydrogen-bond acceptors (Lipinski definition) is 2. The Kier molecular flexibility index (Phi) is 3.79. The minimum atomic E-state index is 0.480. The first kappa shape index (κ1) is 13.0. The normalized spacial score (nSPS) is 33.8. The Morgan fingerprint density at radius 2 is 2.05 bits per heavy atom. The number of nitrogens with one attached hydrogen (secondary N) is 1. The predicted octanol–water partition coefficient (Wildman–Crippen LogP) is 3.92. The van der Waals surface area contributed by atoms with Gasteiger partial charge >= 0.3 is 0 Å². The molecule has 1 aliphatic carbocycles. The van der Waals surface area contributed by atoms with Gasteiger partial charge in [-0.1, -0.05) is 38.5 Å². The summed E-state index contributed by atoms with van der Waals surface area (Å²) in [5.41, 5.74) is 1.35. The van der Waals surface area contributed by atoms with Crippen molar-refractivity contribution in [2.45, 2.75) is 51.6 Å². The van der Waals surface area contributed by atoms with Gasteiger partial charge in [0.05, 0.1) is 6.61 Å². The molecule has 1 heterocycles. The second kappa shape index (κ2) is 5.54. The first-order chi connectivity index (χ1) is 9.29. The van der Waals surface area contributed by atoms with Crippen molar-refractivity contribution in [1.82, 2.24) is 5.32 Å². The van der Waals surface area contributed by atoms with E-state index in [-0.39, 0.29) is 0 Å². The lowest BCUT2D eigenvalue weighted by Gasteiger charge is -2.31. The van der Waals surface area contributed by atoms with Crippen molar-refractivity contribution in [3.63, 3.8) is 0 Å². The fourth-order valence-electron chi connectivity index (χ4n) is 3.83. The molecule has 0 saturated heterocycles. The van der Waals surface area contributed by atoms with Gasteiger partial charge in [-0.25, -0.2) is 0 Å².